The van der Waals surface area contributed by atoms with Gasteiger partial charge in [0.2, 0.25) is 0 Å². The molecule has 1 fully saturated rings. The van der Waals surface area contributed by atoms with Crippen LogP contribution in [0.4, 0.5) is 0 Å². The number of benzene rings is 1. The smallest absolute Gasteiger partial charge is 0.335 e. The van der Waals surface area contributed by atoms with Gasteiger partial charge in [-0.15, -0.1) is 0 Å². The Bertz CT molecular complexity index is 410. The summed E-state index contributed by atoms with van der Waals surface area (Å²) in [4.78, 5) is 10.8. The molecule has 0 bridgehead atoms. The van der Waals surface area contributed by atoms with Crippen molar-refractivity contribution in [3.63, 3.8) is 0 Å². The molecule has 16 heavy (non-hydrogen) atoms. The number of allylic oxidation sites excluding steroid dienone is 1. The van der Waals surface area contributed by atoms with Crippen molar-refractivity contribution < 1.29 is 9.90 Å². The molecule has 0 atom stereocenters. The van der Waals surface area contributed by atoms with E-state index in [1.165, 1.54) is 24.8 Å². The summed E-state index contributed by atoms with van der Waals surface area (Å²) in [6.07, 6.45) is 8.33. The molecule has 1 saturated carbocycles. The van der Waals surface area contributed by atoms with E-state index >= 15 is 0 Å². The fraction of sp³-hybridized carbons (Fsp3) is 0.357. The molecular weight excluding hydrogens is 200 g/mol. The third-order valence-corrected chi connectivity index (χ3v) is 3.00. The van der Waals surface area contributed by atoms with E-state index < -0.39 is 5.97 Å². The van der Waals surface area contributed by atoms with Crippen LogP contribution in [-0.2, 0) is 0 Å². The lowest BCUT2D eigenvalue weighted by atomic mass is 9.93. The van der Waals surface area contributed by atoms with Crippen LogP contribution in [0, 0.1) is 0 Å². The monoisotopic (exact) mass is 216 g/mol. The first-order valence-corrected chi connectivity index (χ1v) is 5.78. The fourth-order valence-electron chi connectivity index (χ4n) is 2.15. The molecule has 1 aliphatic carbocycles. The first-order valence-electron chi connectivity index (χ1n) is 5.78. The van der Waals surface area contributed by atoms with Crippen molar-refractivity contribution in [2.45, 2.75) is 32.1 Å². The number of carbonyl (C=O) groups is 1. The molecule has 1 aliphatic rings. The Morgan fingerprint density at radius 2 is 1.94 bits per heavy atom. The van der Waals surface area contributed by atoms with E-state index in [1.807, 2.05) is 6.07 Å². The molecule has 0 aliphatic heterocycles. The van der Waals surface area contributed by atoms with Crippen LogP contribution in [0.2, 0.25) is 0 Å². The topological polar surface area (TPSA) is 37.3 Å². The van der Waals surface area contributed by atoms with Crippen molar-refractivity contribution >= 4 is 12.0 Å². The van der Waals surface area contributed by atoms with Gasteiger partial charge in [-0.2, -0.15) is 0 Å². The molecule has 1 aromatic rings. The van der Waals surface area contributed by atoms with Crippen LogP contribution < -0.4 is 0 Å². The van der Waals surface area contributed by atoms with Gasteiger partial charge in [0.1, 0.15) is 0 Å². The summed E-state index contributed by atoms with van der Waals surface area (Å²) in [5.41, 5.74) is 2.83. The average molecular weight is 216 g/mol. The maximum atomic E-state index is 10.8. The summed E-state index contributed by atoms with van der Waals surface area (Å²) in [5.74, 6) is -0.858. The SMILES string of the molecule is O=C(O)c1cccc(C=C2CCCCC2)c1. The van der Waals surface area contributed by atoms with Crippen molar-refractivity contribution in [2.24, 2.45) is 0 Å². The number of aromatic carboxylic acids is 1. The van der Waals surface area contributed by atoms with E-state index in [0.29, 0.717) is 5.56 Å². The minimum Gasteiger partial charge on any atom is -0.478 e. The van der Waals surface area contributed by atoms with Crippen LogP contribution in [0.25, 0.3) is 6.08 Å². The summed E-state index contributed by atoms with van der Waals surface area (Å²) in [6, 6.07) is 7.14. The van der Waals surface area contributed by atoms with E-state index in [4.69, 9.17) is 5.11 Å². The van der Waals surface area contributed by atoms with Gasteiger partial charge in [0, 0.05) is 0 Å². The molecule has 0 saturated heterocycles. The summed E-state index contributed by atoms with van der Waals surface area (Å²) in [7, 11) is 0. The second kappa shape index (κ2) is 4.97. The summed E-state index contributed by atoms with van der Waals surface area (Å²) in [5, 5.41) is 8.89. The number of carboxylic acid groups (broad SMARTS) is 1. The Balaban J connectivity index is 2.20. The van der Waals surface area contributed by atoms with Gasteiger partial charge in [0.15, 0.2) is 0 Å². The minimum atomic E-state index is -0.858. The zero-order valence-electron chi connectivity index (χ0n) is 9.28. The third-order valence-electron chi connectivity index (χ3n) is 3.00. The predicted octanol–water partition coefficient (Wildman–Crippen LogP) is 3.73. The number of hydrogen-bond donors (Lipinski definition) is 1. The highest BCUT2D eigenvalue weighted by Gasteiger charge is 2.06. The van der Waals surface area contributed by atoms with Crippen molar-refractivity contribution in [2.75, 3.05) is 0 Å². The van der Waals surface area contributed by atoms with Crippen LogP contribution >= 0.6 is 0 Å². The Labute approximate surface area is 95.6 Å². The molecule has 2 nitrogen and oxygen atoms in total. The first kappa shape index (κ1) is 10.9. The molecular formula is C14H16O2. The van der Waals surface area contributed by atoms with Crippen LogP contribution in [0.1, 0.15) is 48.0 Å². The Kier molecular flexibility index (Phi) is 3.40. The minimum absolute atomic E-state index is 0.366. The van der Waals surface area contributed by atoms with E-state index in [1.54, 1.807) is 18.2 Å². The Hall–Kier alpha value is -1.57. The van der Waals surface area contributed by atoms with Gasteiger partial charge in [-0.1, -0.05) is 30.2 Å². The number of hydrogen-bond acceptors (Lipinski definition) is 1. The van der Waals surface area contributed by atoms with Crippen molar-refractivity contribution in [1.82, 2.24) is 0 Å². The molecule has 1 N–H and O–H groups in total. The lowest BCUT2D eigenvalue weighted by Crippen LogP contribution is -1.96. The van der Waals surface area contributed by atoms with Crippen molar-refractivity contribution in [3.8, 4) is 0 Å². The van der Waals surface area contributed by atoms with E-state index in [0.717, 1.165) is 18.4 Å². The zero-order valence-corrected chi connectivity index (χ0v) is 9.28. The average Bonchev–Trinajstić information content (AvgIpc) is 2.30. The second-order valence-electron chi connectivity index (χ2n) is 4.29. The molecule has 1 aromatic carbocycles. The highest BCUT2D eigenvalue weighted by atomic mass is 16.4. The number of rotatable bonds is 2. The highest BCUT2D eigenvalue weighted by Crippen LogP contribution is 2.25. The molecule has 0 aromatic heterocycles. The molecule has 0 heterocycles. The molecule has 2 heteroatoms. The van der Waals surface area contributed by atoms with Crippen molar-refractivity contribution in [3.05, 3.63) is 41.0 Å². The Morgan fingerprint density at radius 1 is 1.19 bits per heavy atom. The quantitative estimate of drug-likeness (QED) is 0.817. The third kappa shape index (κ3) is 2.72. The van der Waals surface area contributed by atoms with Gasteiger partial charge < -0.3 is 5.11 Å². The maximum Gasteiger partial charge on any atom is 0.335 e. The van der Waals surface area contributed by atoms with Gasteiger partial charge in [-0.3, -0.25) is 0 Å². The molecule has 0 radical (unpaired) electrons. The summed E-state index contributed by atoms with van der Waals surface area (Å²) >= 11 is 0. The first-order chi connectivity index (χ1) is 7.75. The van der Waals surface area contributed by atoms with Crippen LogP contribution in [0.5, 0.6) is 0 Å². The number of carboxylic acids is 1. The molecule has 84 valence electrons. The molecule has 0 amide bonds. The normalized spacial score (nSPS) is 15.9. The van der Waals surface area contributed by atoms with Gasteiger partial charge in [-0.25, -0.2) is 4.79 Å². The lowest BCUT2D eigenvalue weighted by molar-refractivity contribution is 0.0697. The van der Waals surface area contributed by atoms with Gasteiger partial charge in [-0.05, 0) is 43.4 Å². The van der Waals surface area contributed by atoms with Gasteiger partial charge in [0.25, 0.3) is 0 Å². The molecule has 0 unspecified atom stereocenters. The largest absolute Gasteiger partial charge is 0.478 e. The molecule has 2 rings (SSSR count). The predicted molar refractivity (Wildman–Crippen MR) is 64.5 cm³/mol. The second-order valence-corrected chi connectivity index (χ2v) is 4.29. The zero-order chi connectivity index (χ0) is 11.4. The fourth-order valence-corrected chi connectivity index (χ4v) is 2.15. The maximum absolute atomic E-state index is 10.8. The highest BCUT2D eigenvalue weighted by molar-refractivity contribution is 5.88. The van der Waals surface area contributed by atoms with E-state index in [9.17, 15) is 4.79 Å². The van der Waals surface area contributed by atoms with Crippen molar-refractivity contribution in [1.29, 1.82) is 0 Å². The molecule has 0 spiro atoms. The Morgan fingerprint density at radius 3 is 2.62 bits per heavy atom. The van der Waals surface area contributed by atoms with E-state index in [-0.39, 0.29) is 0 Å². The van der Waals surface area contributed by atoms with Gasteiger partial charge in [0.05, 0.1) is 5.56 Å². The summed E-state index contributed by atoms with van der Waals surface area (Å²) in [6.45, 7) is 0. The van der Waals surface area contributed by atoms with Crippen LogP contribution in [0.3, 0.4) is 0 Å². The lowest BCUT2D eigenvalue weighted by Gasteiger charge is -2.13. The van der Waals surface area contributed by atoms with Crippen LogP contribution in [-0.4, -0.2) is 11.1 Å². The van der Waals surface area contributed by atoms with Gasteiger partial charge >= 0.3 is 5.97 Å². The van der Waals surface area contributed by atoms with E-state index in [2.05, 4.69) is 6.08 Å². The standard InChI is InChI=1S/C14H16O2/c15-14(16)13-8-4-7-12(10-13)9-11-5-2-1-3-6-11/h4,7-10H,1-3,5-6H2,(H,15,16). The van der Waals surface area contributed by atoms with Crippen LogP contribution in [0.15, 0.2) is 29.8 Å². The summed E-state index contributed by atoms with van der Waals surface area (Å²) < 4.78 is 0.